The molecule has 1 saturated heterocycles. The lowest BCUT2D eigenvalue weighted by molar-refractivity contribution is 0.144. The molecular weight excluding hydrogens is 266 g/mol. The van der Waals surface area contributed by atoms with Gasteiger partial charge >= 0.3 is 0 Å². The summed E-state index contributed by atoms with van der Waals surface area (Å²) in [7, 11) is 2.19. The van der Waals surface area contributed by atoms with E-state index in [4.69, 9.17) is 4.52 Å². The van der Waals surface area contributed by atoms with Crippen LogP contribution in [0.1, 0.15) is 37.4 Å². The highest BCUT2D eigenvalue weighted by Gasteiger charge is 2.29. The van der Waals surface area contributed by atoms with Gasteiger partial charge in [-0.15, -0.1) is 0 Å². The quantitative estimate of drug-likeness (QED) is 0.799. The fourth-order valence-corrected chi connectivity index (χ4v) is 2.78. The van der Waals surface area contributed by atoms with Crippen molar-refractivity contribution in [3.63, 3.8) is 0 Å². The minimum Gasteiger partial charge on any atom is -0.339 e. The topological polar surface area (TPSA) is 57.4 Å². The summed E-state index contributed by atoms with van der Waals surface area (Å²) in [6.45, 7) is 9.01. The molecule has 2 heterocycles. The highest BCUT2D eigenvalue weighted by Crippen LogP contribution is 2.38. The summed E-state index contributed by atoms with van der Waals surface area (Å²) < 4.78 is 5.28. The lowest BCUT2D eigenvalue weighted by Gasteiger charge is -2.34. The van der Waals surface area contributed by atoms with Crippen LogP contribution in [0.15, 0.2) is 4.52 Å². The Kier molecular flexibility index (Phi) is 4.87. The van der Waals surface area contributed by atoms with Gasteiger partial charge in [0.1, 0.15) is 0 Å². The van der Waals surface area contributed by atoms with Crippen molar-refractivity contribution >= 4 is 0 Å². The summed E-state index contributed by atoms with van der Waals surface area (Å²) in [6, 6.07) is 0.503. The van der Waals surface area contributed by atoms with Crippen LogP contribution in [0, 0.1) is 0 Å². The Morgan fingerprint density at radius 3 is 2.76 bits per heavy atom. The molecule has 1 saturated carbocycles. The van der Waals surface area contributed by atoms with Gasteiger partial charge in [0.15, 0.2) is 5.82 Å². The number of hydrogen-bond acceptors (Lipinski definition) is 6. The van der Waals surface area contributed by atoms with Crippen LogP contribution in [-0.2, 0) is 6.42 Å². The first-order chi connectivity index (χ1) is 10.2. The number of nitrogens with zero attached hydrogens (tertiary/aromatic N) is 4. The molecule has 2 fully saturated rings. The Balaban J connectivity index is 1.32. The van der Waals surface area contributed by atoms with Crippen LogP contribution in [0.5, 0.6) is 0 Å². The Labute approximate surface area is 126 Å². The van der Waals surface area contributed by atoms with E-state index in [1.165, 1.54) is 39.0 Å². The van der Waals surface area contributed by atoms with Crippen molar-refractivity contribution in [2.75, 3.05) is 46.3 Å². The van der Waals surface area contributed by atoms with Crippen molar-refractivity contribution in [2.45, 2.75) is 38.1 Å². The molecule has 1 aromatic rings. The van der Waals surface area contributed by atoms with Crippen LogP contribution in [0.2, 0.25) is 0 Å². The predicted octanol–water partition coefficient (Wildman–Crippen LogP) is 0.715. The second kappa shape index (κ2) is 6.85. The molecule has 1 N–H and O–H groups in total. The Morgan fingerprint density at radius 2 is 2.05 bits per heavy atom. The summed E-state index contributed by atoms with van der Waals surface area (Å²) >= 11 is 0. The van der Waals surface area contributed by atoms with E-state index in [1.54, 1.807) is 0 Å². The van der Waals surface area contributed by atoms with Crippen molar-refractivity contribution < 1.29 is 4.52 Å². The van der Waals surface area contributed by atoms with E-state index in [9.17, 15) is 0 Å². The molecule has 6 nitrogen and oxygen atoms in total. The van der Waals surface area contributed by atoms with E-state index in [-0.39, 0.29) is 0 Å². The maximum absolute atomic E-state index is 5.28. The SMILES string of the molecule is C[C@H](CN1CCN(C)CC1)NCCc1noc(C2CC2)n1. The zero-order valence-corrected chi connectivity index (χ0v) is 13.2. The van der Waals surface area contributed by atoms with Crippen LogP contribution in [0.3, 0.4) is 0 Å². The molecular formula is C15H27N5O. The largest absolute Gasteiger partial charge is 0.339 e. The van der Waals surface area contributed by atoms with Gasteiger partial charge in [0.05, 0.1) is 0 Å². The third-order valence-electron chi connectivity index (χ3n) is 4.38. The molecule has 3 rings (SSSR count). The van der Waals surface area contributed by atoms with E-state index in [0.29, 0.717) is 12.0 Å². The fraction of sp³-hybridized carbons (Fsp3) is 0.867. The van der Waals surface area contributed by atoms with Gasteiger partial charge < -0.3 is 14.7 Å². The molecule has 0 spiro atoms. The third kappa shape index (κ3) is 4.49. The summed E-state index contributed by atoms with van der Waals surface area (Å²) in [5.41, 5.74) is 0. The van der Waals surface area contributed by atoms with Gasteiger partial charge in [0.25, 0.3) is 0 Å². The number of rotatable bonds is 7. The van der Waals surface area contributed by atoms with Crippen LogP contribution in [0.4, 0.5) is 0 Å². The Hall–Kier alpha value is -0.980. The van der Waals surface area contributed by atoms with E-state index < -0.39 is 0 Å². The lowest BCUT2D eigenvalue weighted by Crippen LogP contribution is -2.49. The monoisotopic (exact) mass is 293 g/mol. The minimum absolute atomic E-state index is 0.503. The smallest absolute Gasteiger partial charge is 0.229 e. The molecule has 0 bridgehead atoms. The van der Waals surface area contributed by atoms with Crippen molar-refractivity contribution in [1.82, 2.24) is 25.3 Å². The normalized spacial score (nSPS) is 22.6. The van der Waals surface area contributed by atoms with Crippen LogP contribution >= 0.6 is 0 Å². The van der Waals surface area contributed by atoms with Gasteiger partial charge in [0.2, 0.25) is 5.89 Å². The van der Waals surface area contributed by atoms with Gasteiger partial charge in [-0.25, -0.2) is 0 Å². The second-order valence-corrected chi connectivity index (χ2v) is 6.53. The molecule has 1 aliphatic carbocycles. The standard InChI is InChI=1S/C15H27N5O/c1-12(11-20-9-7-19(2)8-10-20)16-6-5-14-17-15(21-18-14)13-3-4-13/h12-13,16H,3-11H2,1-2H3/t12-/m1/s1. The Morgan fingerprint density at radius 1 is 1.29 bits per heavy atom. The molecule has 0 aromatic carbocycles. The van der Waals surface area contributed by atoms with Gasteiger partial charge in [-0.05, 0) is 26.8 Å². The molecule has 1 atom stereocenters. The van der Waals surface area contributed by atoms with Crippen LogP contribution in [-0.4, -0.2) is 72.3 Å². The molecule has 1 aliphatic heterocycles. The number of nitrogens with one attached hydrogen (secondary N) is 1. The lowest BCUT2D eigenvalue weighted by atomic mass is 10.2. The summed E-state index contributed by atoms with van der Waals surface area (Å²) in [5.74, 6) is 2.24. The van der Waals surface area contributed by atoms with Gasteiger partial charge in [-0.2, -0.15) is 4.98 Å². The second-order valence-electron chi connectivity index (χ2n) is 6.53. The predicted molar refractivity (Wildman–Crippen MR) is 81.4 cm³/mol. The van der Waals surface area contributed by atoms with E-state index in [2.05, 4.69) is 39.2 Å². The molecule has 0 amide bonds. The maximum Gasteiger partial charge on any atom is 0.229 e. The summed E-state index contributed by atoms with van der Waals surface area (Å²) in [6.07, 6.45) is 3.27. The number of hydrogen-bond donors (Lipinski definition) is 1. The summed E-state index contributed by atoms with van der Waals surface area (Å²) in [5, 5.41) is 7.62. The summed E-state index contributed by atoms with van der Waals surface area (Å²) in [4.78, 5) is 9.39. The van der Waals surface area contributed by atoms with Gasteiger partial charge in [-0.1, -0.05) is 5.16 Å². The minimum atomic E-state index is 0.503. The first-order valence-corrected chi connectivity index (χ1v) is 8.17. The maximum atomic E-state index is 5.28. The van der Waals surface area contributed by atoms with Gasteiger partial charge in [-0.3, -0.25) is 4.90 Å². The van der Waals surface area contributed by atoms with E-state index in [1.807, 2.05) is 0 Å². The molecule has 1 aromatic heterocycles. The molecule has 0 unspecified atom stereocenters. The number of likely N-dealkylation sites (N-methyl/N-ethyl adjacent to an activating group) is 1. The van der Waals surface area contributed by atoms with Crippen molar-refractivity contribution in [2.24, 2.45) is 0 Å². The zero-order valence-electron chi connectivity index (χ0n) is 13.2. The molecule has 0 radical (unpaired) electrons. The third-order valence-corrected chi connectivity index (χ3v) is 4.38. The average molecular weight is 293 g/mol. The average Bonchev–Trinajstić information content (AvgIpc) is 3.22. The molecule has 6 heteroatoms. The highest BCUT2D eigenvalue weighted by atomic mass is 16.5. The molecule has 2 aliphatic rings. The van der Waals surface area contributed by atoms with Crippen molar-refractivity contribution in [3.05, 3.63) is 11.7 Å². The molecule has 21 heavy (non-hydrogen) atoms. The van der Waals surface area contributed by atoms with Crippen LogP contribution < -0.4 is 5.32 Å². The molecule has 118 valence electrons. The number of aromatic nitrogens is 2. The number of piperazine rings is 1. The first-order valence-electron chi connectivity index (χ1n) is 8.17. The Bertz CT molecular complexity index is 437. The van der Waals surface area contributed by atoms with Crippen molar-refractivity contribution in [3.8, 4) is 0 Å². The first kappa shape index (κ1) is 14.9. The van der Waals surface area contributed by atoms with E-state index in [0.717, 1.165) is 31.2 Å². The van der Waals surface area contributed by atoms with Crippen LogP contribution in [0.25, 0.3) is 0 Å². The van der Waals surface area contributed by atoms with Gasteiger partial charge in [0, 0.05) is 57.6 Å². The highest BCUT2D eigenvalue weighted by molar-refractivity contribution is 5.01. The fourth-order valence-electron chi connectivity index (χ4n) is 2.78. The zero-order chi connectivity index (χ0) is 14.7. The van der Waals surface area contributed by atoms with Crippen molar-refractivity contribution in [1.29, 1.82) is 0 Å². The van der Waals surface area contributed by atoms with E-state index >= 15 is 0 Å².